The van der Waals surface area contributed by atoms with Crippen molar-refractivity contribution in [3.05, 3.63) is 63.6 Å². The number of carbonyl (C=O) groups is 2. The number of carbonyl (C=O) groups excluding carboxylic acids is 2. The van der Waals surface area contributed by atoms with E-state index in [0.29, 0.717) is 26.9 Å². The molecule has 0 fully saturated rings. The number of halogens is 2. The Morgan fingerprint density at radius 1 is 1.04 bits per heavy atom. The second-order valence-electron chi connectivity index (χ2n) is 4.69. The molecule has 0 saturated heterocycles. The van der Waals surface area contributed by atoms with Crippen molar-refractivity contribution < 1.29 is 14.3 Å². The first-order chi connectivity index (χ1) is 11.0. The summed E-state index contributed by atoms with van der Waals surface area (Å²) < 4.78 is 4.97. The molecule has 0 aliphatic carbocycles. The highest BCUT2D eigenvalue weighted by Gasteiger charge is 2.16. The van der Waals surface area contributed by atoms with Crippen LogP contribution in [0.5, 0.6) is 0 Å². The molecule has 0 aliphatic rings. The molecule has 23 heavy (non-hydrogen) atoms. The first-order valence-corrected chi connectivity index (χ1v) is 7.77. The zero-order valence-electron chi connectivity index (χ0n) is 12.4. The molecule has 2 rings (SSSR count). The van der Waals surface area contributed by atoms with Crippen molar-refractivity contribution in [3.8, 4) is 0 Å². The van der Waals surface area contributed by atoms with Crippen molar-refractivity contribution in [3.63, 3.8) is 0 Å². The van der Waals surface area contributed by atoms with Gasteiger partial charge in [0.1, 0.15) is 0 Å². The fraction of sp³-hybridized carbons (Fsp3) is 0.176. The molecule has 0 unspecified atom stereocenters. The maximum atomic E-state index is 12.2. The molecule has 0 heterocycles. The van der Waals surface area contributed by atoms with Gasteiger partial charge in [-0.3, -0.25) is 4.79 Å². The maximum Gasteiger partial charge on any atom is 0.340 e. The quantitative estimate of drug-likeness (QED) is 0.814. The van der Waals surface area contributed by atoms with Gasteiger partial charge in [-0.15, -0.1) is 0 Å². The molecular formula is C17H15Cl2NO3. The lowest BCUT2D eigenvalue weighted by Crippen LogP contribution is -2.18. The van der Waals surface area contributed by atoms with E-state index in [4.69, 9.17) is 27.9 Å². The molecule has 4 nitrogen and oxygen atoms in total. The van der Waals surface area contributed by atoms with Crippen LogP contribution in [0.15, 0.2) is 42.5 Å². The van der Waals surface area contributed by atoms with Crippen molar-refractivity contribution in [2.75, 3.05) is 11.9 Å². The number of esters is 1. The number of benzene rings is 2. The highest BCUT2D eigenvalue weighted by molar-refractivity contribution is 6.36. The van der Waals surface area contributed by atoms with Gasteiger partial charge in [-0.05, 0) is 36.8 Å². The Morgan fingerprint density at radius 3 is 2.35 bits per heavy atom. The van der Waals surface area contributed by atoms with Crippen LogP contribution >= 0.6 is 23.2 Å². The Morgan fingerprint density at radius 2 is 1.70 bits per heavy atom. The molecule has 120 valence electrons. The summed E-state index contributed by atoms with van der Waals surface area (Å²) in [6, 6.07) is 11.7. The summed E-state index contributed by atoms with van der Waals surface area (Å²) in [6.45, 7) is 1.98. The van der Waals surface area contributed by atoms with Crippen LogP contribution in [-0.4, -0.2) is 18.5 Å². The Hall–Kier alpha value is -2.04. The SMILES string of the molecule is CCOC(=O)c1ccccc1NC(=O)Cc1c(Cl)cccc1Cl. The highest BCUT2D eigenvalue weighted by Crippen LogP contribution is 2.25. The van der Waals surface area contributed by atoms with Gasteiger partial charge in [0.2, 0.25) is 5.91 Å². The fourth-order valence-corrected chi connectivity index (χ4v) is 2.57. The van der Waals surface area contributed by atoms with E-state index in [0.717, 1.165) is 0 Å². The zero-order chi connectivity index (χ0) is 16.8. The molecule has 2 aromatic rings. The number of para-hydroxylation sites is 1. The zero-order valence-corrected chi connectivity index (χ0v) is 13.9. The summed E-state index contributed by atoms with van der Waals surface area (Å²) in [4.78, 5) is 24.1. The molecule has 0 radical (unpaired) electrons. The van der Waals surface area contributed by atoms with Crippen LogP contribution in [-0.2, 0) is 16.0 Å². The third kappa shape index (κ3) is 4.47. The van der Waals surface area contributed by atoms with E-state index in [1.54, 1.807) is 49.4 Å². The van der Waals surface area contributed by atoms with Crippen molar-refractivity contribution in [1.82, 2.24) is 0 Å². The molecule has 6 heteroatoms. The van der Waals surface area contributed by atoms with Crippen LogP contribution < -0.4 is 5.32 Å². The summed E-state index contributed by atoms with van der Waals surface area (Å²) in [5, 5.41) is 3.54. The number of hydrogen-bond acceptors (Lipinski definition) is 3. The van der Waals surface area contributed by atoms with E-state index in [-0.39, 0.29) is 18.9 Å². The van der Waals surface area contributed by atoms with Gasteiger partial charge >= 0.3 is 5.97 Å². The number of ether oxygens (including phenoxy) is 1. The van der Waals surface area contributed by atoms with E-state index >= 15 is 0 Å². The number of amides is 1. The molecule has 0 spiro atoms. The smallest absolute Gasteiger partial charge is 0.340 e. The molecule has 1 amide bonds. The van der Waals surface area contributed by atoms with Crippen LogP contribution in [0.2, 0.25) is 10.0 Å². The number of hydrogen-bond donors (Lipinski definition) is 1. The van der Waals surface area contributed by atoms with Gasteiger partial charge in [0, 0.05) is 10.0 Å². The van der Waals surface area contributed by atoms with Gasteiger partial charge < -0.3 is 10.1 Å². The van der Waals surface area contributed by atoms with Crippen LogP contribution in [0.25, 0.3) is 0 Å². The van der Waals surface area contributed by atoms with Crippen LogP contribution in [0.1, 0.15) is 22.8 Å². The lowest BCUT2D eigenvalue weighted by Gasteiger charge is -2.11. The standard InChI is InChI=1S/C17H15Cl2NO3/c1-2-23-17(22)11-6-3-4-9-15(11)20-16(21)10-12-13(18)7-5-8-14(12)19/h3-9H,2,10H2,1H3,(H,20,21). The van der Waals surface area contributed by atoms with Crippen molar-refractivity contribution in [2.45, 2.75) is 13.3 Å². The van der Waals surface area contributed by atoms with E-state index in [9.17, 15) is 9.59 Å². The van der Waals surface area contributed by atoms with Crippen molar-refractivity contribution in [1.29, 1.82) is 0 Å². The summed E-state index contributed by atoms with van der Waals surface area (Å²) in [7, 11) is 0. The van der Waals surface area contributed by atoms with Crippen molar-refractivity contribution in [2.24, 2.45) is 0 Å². The van der Waals surface area contributed by atoms with Crippen LogP contribution in [0, 0.1) is 0 Å². The Kier molecular flexibility index (Phi) is 6.02. The van der Waals surface area contributed by atoms with Gasteiger partial charge in [-0.2, -0.15) is 0 Å². The molecule has 0 aliphatic heterocycles. The molecule has 0 saturated carbocycles. The second-order valence-corrected chi connectivity index (χ2v) is 5.51. The van der Waals surface area contributed by atoms with Gasteiger partial charge in [-0.1, -0.05) is 41.4 Å². The lowest BCUT2D eigenvalue weighted by molar-refractivity contribution is -0.115. The minimum absolute atomic E-state index is 0.00959. The third-order valence-corrected chi connectivity index (χ3v) is 3.80. The number of anilines is 1. The Bertz CT molecular complexity index is 711. The second kappa shape index (κ2) is 7.99. The topological polar surface area (TPSA) is 55.4 Å². The van der Waals surface area contributed by atoms with E-state index in [2.05, 4.69) is 5.32 Å². The normalized spacial score (nSPS) is 10.2. The van der Waals surface area contributed by atoms with Crippen LogP contribution in [0.3, 0.4) is 0 Å². The summed E-state index contributed by atoms with van der Waals surface area (Å²) in [6.07, 6.45) is 0.00959. The molecular weight excluding hydrogens is 337 g/mol. The van der Waals surface area contributed by atoms with Gasteiger partial charge in [0.15, 0.2) is 0 Å². The Labute approximate surface area is 144 Å². The lowest BCUT2D eigenvalue weighted by atomic mass is 10.1. The number of nitrogens with one attached hydrogen (secondary N) is 1. The fourth-order valence-electron chi connectivity index (χ4n) is 2.04. The first-order valence-electron chi connectivity index (χ1n) is 7.01. The van der Waals surface area contributed by atoms with E-state index in [1.807, 2.05) is 0 Å². The maximum absolute atomic E-state index is 12.2. The predicted octanol–water partition coefficient (Wildman–Crippen LogP) is 4.35. The van der Waals surface area contributed by atoms with Gasteiger partial charge in [0.25, 0.3) is 0 Å². The third-order valence-electron chi connectivity index (χ3n) is 3.10. The summed E-state index contributed by atoms with van der Waals surface area (Å²) in [5.74, 6) is -0.809. The predicted molar refractivity (Wildman–Crippen MR) is 91.2 cm³/mol. The molecule has 1 N–H and O–H groups in total. The first kappa shape index (κ1) is 17.3. The van der Waals surface area contributed by atoms with E-state index in [1.165, 1.54) is 0 Å². The average Bonchev–Trinajstić information content (AvgIpc) is 2.52. The molecule has 0 bridgehead atoms. The minimum Gasteiger partial charge on any atom is -0.462 e. The van der Waals surface area contributed by atoms with Crippen LogP contribution in [0.4, 0.5) is 5.69 Å². The average molecular weight is 352 g/mol. The highest BCUT2D eigenvalue weighted by atomic mass is 35.5. The Balaban J connectivity index is 2.16. The van der Waals surface area contributed by atoms with Crippen molar-refractivity contribution >= 4 is 40.8 Å². The van der Waals surface area contributed by atoms with E-state index < -0.39 is 5.97 Å². The molecule has 0 aromatic heterocycles. The largest absolute Gasteiger partial charge is 0.462 e. The molecule has 0 atom stereocenters. The number of rotatable bonds is 5. The van der Waals surface area contributed by atoms with Gasteiger partial charge in [0.05, 0.1) is 24.3 Å². The minimum atomic E-state index is -0.487. The molecule has 2 aromatic carbocycles. The monoisotopic (exact) mass is 351 g/mol. The van der Waals surface area contributed by atoms with Gasteiger partial charge in [-0.25, -0.2) is 4.79 Å². The summed E-state index contributed by atoms with van der Waals surface area (Å²) >= 11 is 12.1. The summed E-state index contributed by atoms with van der Waals surface area (Å²) in [5.41, 5.74) is 1.23.